The number of benzene rings is 1. The van der Waals surface area contributed by atoms with Crippen molar-refractivity contribution in [2.45, 2.75) is 58.7 Å². The van der Waals surface area contributed by atoms with Gasteiger partial charge in [0.25, 0.3) is 0 Å². The minimum atomic E-state index is -0.210. The topological polar surface area (TPSA) is 51.4 Å². The Labute approximate surface area is 154 Å². The summed E-state index contributed by atoms with van der Waals surface area (Å²) in [4.78, 5) is 6.90. The van der Waals surface area contributed by atoms with Crippen molar-refractivity contribution in [3.63, 3.8) is 0 Å². The summed E-state index contributed by atoms with van der Waals surface area (Å²) in [6, 6.07) is 7.09. The zero-order valence-corrected chi connectivity index (χ0v) is 15.7. The van der Waals surface area contributed by atoms with E-state index in [2.05, 4.69) is 28.9 Å². The molecule has 1 aromatic carbocycles. The van der Waals surface area contributed by atoms with Gasteiger partial charge in [-0.2, -0.15) is 4.98 Å². The first-order chi connectivity index (χ1) is 12.6. The quantitative estimate of drug-likeness (QED) is 0.712. The molecule has 0 spiro atoms. The minimum Gasteiger partial charge on any atom is -0.381 e. The molecule has 0 radical (unpaired) electrons. The largest absolute Gasteiger partial charge is 0.381 e. The van der Waals surface area contributed by atoms with Crippen LogP contribution in [0.1, 0.15) is 50.4 Å². The highest BCUT2D eigenvalue weighted by molar-refractivity contribution is 5.16. The van der Waals surface area contributed by atoms with Crippen molar-refractivity contribution in [3.05, 3.63) is 47.4 Å². The highest BCUT2D eigenvalue weighted by Gasteiger charge is 2.24. The molecule has 0 unspecified atom stereocenters. The molecule has 1 aromatic heterocycles. The van der Waals surface area contributed by atoms with Gasteiger partial charge in [0.15, 0.2) is 5.82 Å². The van der Waals surface area contributed by atoms with Crippen LogP contribution in [0.25, 0.3) is 0 Å². The predicted molar refractivity (Wildman–Crippen MR) is 96.9 cm³/mol. The second-order valence-corrected chi connectivity index (χ2v) is 7.41. The molecule has 0 saturated carbocycles. The van der Waals surface area contributed by atoms with Gasteiger partial charge in [-0.25, -0.2) is 4.39 Å². The molecule has 1 fully saturated rings. The predicted octanol–water partition coefficient (Wildman–Crippen LogP) is 3.98. The Kier molecular flexibility index (Phi) is 6.74. The molecule has 0 aliphatic carbocycles. The van der Waals surface area contributed by atoms with E-state index in [1.807, 2.05) is 12.1 Å². The van der Waals surface area contributed by atoms with Gasteiger partial charge in [0.2, 0.25) is 5.89 Å². The molecule has 1 saturated heterocycles. The molecule has 1 aliphatic rings. The van der Waals surface area contributed by atoms with E-state index in [1.165, 1.54) is 12.1 Å². The Balaban J connectivity index is 1.67. The van der Waals surface area contributed by atoms with Gasteiger partial charge < -0.3 is 9.26 Å². The number of rotatable bonds is 8. The third-order valence-electron chi connectivity index (χ3n) is 4.80. The van der Waals surface area contributed by atoms with E-state index < -0.39 is 0 Å². The molecule has 0 atom stereocenters. The van der Waals surface area contributed by atoms with Crippen molar-refractivity contribution in [2.75, 3.05) is 13.2 Å². The number of aryl methyl sites for hydroxylation is 1. The Hall–Kier alpha value is -1.79. The van der Waals surface area contributed by atoms with E-state index in [4.69, 9.17) is 9.26 Å². The standard InChI is InChI=1S/C20H28FN3O2/c1-15(2)3-8-19-22-20(26-23-19)14-24(18-9-11-25-12-10-18)13-16-4-6-17(21)7-5-16/h4-7,15,18H,3,8-14H2,1-2H3. The molecule has 1 aliphatic heterocycles. The second kappa shape index (κ2) is 9.24. The summed E-state index contributed by atoms with van der Waals surface area (Å²) in [5, 5.41) is 4.12. The summed E-state index contributed by atoms with van der Waals surface area (Å²) >= 11 is 0. The zero-order chi connectivity index (χ0) is 18.4. The first-order valence-corrected chi connectivity index (χ1v) is 9.48. The zero-order valence-electron chi connectivity index (χ0n) is 15.7. The van der Waals surface area contributed by atoms with Crippen LogP contribution in [0.2, 0.25) is 0 Å². The number of nitrogens with zero attached hydrogens (tertiary/aromatic N) is 3. The lowest BCUT2D eigenvalue weighted by molar-refractivity contribution is 0.0239. The molecular weight excluding hydrogens is 333 g/mol. The third kappa shape index (κ3) is 5.61. The van der Waals surface area contributed by atoms with Crippen LogP contribution in [-0.4, -0.2) is 34.3 Å². The maximum absolute atomic E-state index is 13.2. The summed E-state index contributed by atoms with van der Waals surface area (Å²) in [6.07, 6.45) is 3.86. The van der Waals surface area contributed by atoms with Crippen LogP contribution < -0.4 is 0 Å². The second-order valence-electron chi connectivity index (χ2n) is 7.41. The molecule has 0 bridgehead atoms. The van der Waals surface area contributed by atoms with Gasteiger partial charge in [-0.3, -0.25) is 4.90 Å². The van der Waals surface area contributed by atoms with Crippen LogP contribution >= 0.6 is 0 Å². The monoisotopic (exact) mass is 361 g/mol. The van der Waals surface area contributed by atoms with E-state index in [9.17, 15) is 4.39 Å². The highest BCUT2D eigenvalue weighted by Crippen LogP contribution is 2.20. The summed E-state index contributed by atoms with van der Waals surface area (Å²) in [5.74, 6) is 1.84. The molecule has 142 valence electrons. The summed E-state index contributed by atoms with van der Waals surface area (Å²) in [7, 11) is 0. The van der Waals surface area contributed by atoms with Gasteiger partial charge in [0, 0.05) is 32.2 Å². The van der Waals surface area contributed by atoms with E-state index in [-0.39, 0.29) is 5.82 Å². The Morgan fingerprint density at radius 3 is 2.58 bits per heavy atom. The fraction of sp³-hybridized carbons (Fsp3) is 0.600. The number of hydrogen-bond donors (Lipinski definition) is 0. The van der Waals surface area contributed by atoms with Crippen molar-refractivity contribution in [3.8, 4) is 0 Å². The van der Waals surface area contributed by atoms with Gasteiger partial charge in [-0.05, 0) is 42.9 Å². The van der Waals surface area contributed by atoms with E-state index >= 15 is 0 Å². The maximum atomic E-state index is 13.2. The average molecular weight is 361 g/mol. The first kappa shape index (κ1) is 19.0. The van der Waals surface area contributed by atoms with E-state index in [0.29, 0.717) is 24.4 Å². The number of aromatic nitrogens is 2. The summed E-state index contributed by atoms with van der Waals surface area (Å²) < 4.78 is 24.2. The molecule has 3 rings (SSSR count). The summed E-state index contributed by atoms with van der Waals surface area (Å²) in [6.45, 7) is 7.26. The number of hydrogen-bond acceptors (Lipinski definition) is 5. The van der Waals surface area contributed by atoms with Crippen LogP contribution in [0.5, 0.6) is 0 Å². The van der Waals surface area contributed by atoms with Gasteiger partial charge >= 0.3 is 0 Å². The first-order valence-electron chi connectivity index (χ1n) is 9.48. The third-order valence-corrected chi connectivity index (χ3v) is 4.80. The van der Waals surface area contributed by atoms with E-state index in [0.717, 1.165) is 56.8 Å². The van der Waals surface area contributed by atoms with Crippen molar-refractivity contribution in [1.82, 2.24) is 15.0 Å². The Bertz CT molecular complexity index is 666. The lowest BCUT2D eigenvalue weighted by Gasteiger charge is -2.33. The number of ether oxygens (including phenoxy) is 1. The summed E-state index contributed by atoms with van der Waals surface area (Å²) in [5.41, 5.74) is 1.08. The van der Waals surface area contributed by atoms with Gasteiger partial charge in [0.05, 0.1) is 6.54 Å². The number of halogens is 1. The van der Waals surface area contributed by atoms with Crippen LogP contribution in [0.3, 0.4) is 0 Å². The SMILES string of the molecule is CC(C)CCc1noc(CN(Cc2ccc(F)cc2)C2CCOCC2)n1. The van der Waals surface area contributed by atoms with Gasteiger partial charge in [-0.1, -0.05) is 31.1 Å². The van der Waals surface area contributed by atoms with Crippen LogP contribution in [0.4, 0.5) is 4.39 Å². The Morgan fingerprint density at radius 2 is 1.88 bits per heavy atom. The van der Waals surface area contributed by atoms with Crippen LogP contribution in [-0.2, 0) is 24.2 Å². The van der Waals surface area contributed by atoms with E-state index in [1.54, 1.807) is 0 Å². The average Bonchev–Trinajstić information content (AvgIpc) is 3.09. The fourth-order valence-corrected chi connectivity index (χ4v) is 3.24. The highest BCUT2D eigenvalue weighted by atomic mass is 19.1. The van der Waals surface area contributed by atoms with Gasteiger partial charge in [0.1, 0.15) is 5.82 Å². The van der Waals surface area contributed by atoms with Crippen LogP contribution in [0, 0.1) is 11.7 Å². The molecule has 26 heavy (non-hydrogen) atoms. The fourth-order valence-electron chi connectivity index (χ4n) is 3.24. The maximum Gasteiger partial charge on any atom is 0.240 e. The molecule has 0 N–H and O–H groups in total. The molecular formula is C20H28FN3O2. The van der Waals surface area contributed by atoms with Crippen molar-refractivity contribution in [1.29, 1.82) is 0 Å². The smallest absolute Gasteiger partial charge is 0.240 e. The normalized spacial score (nSPS) is 15.9. The lowest BCUT2D eigenvalue weighted by Crippen LogP contribution is -2.38. The molecule has 2 aromatic rings. The van der Waals surface area contributed by atoms with Crippen LogP contribution in [0.15, 0.2) is 28.8 Å². The molecule has 5 nitrogen and oxygen atoms in total. The molecule has 2 heterocycles. The minimum absolute atomic E-state index is 0.210. The van der Waals surface area contributed by atoms with Gasteiger partial charge in [-0.15, -0.1) is 0 Å². The lowest BCUT2D eigenvalue weighted by atomic mass is 10.1. The molecule has 0 amide bonds. The Morgan fingerprint density at radius 1 is 1.15 bits per heavy atom. The van der Waals surface area contributed by atoms with Crippen molar-refractivity contribution in [2.24, 2.45) is 5.92 Å². The van der Waals surface area contributed by atoms with Crippen molar-refractivity contribution < 1.29 is 13.7 Å². The van der Waals surface area contributed by atoms with Crippen molar-refractivity contribution >= 4 is 0 Å². The molecule has 6 heteroatoms.